The normalized spacial score (nSPS) is 10.0. The molecule has 0 unspecified atom stereocenters. The number of hydrogen-bond acceptors (Lipinski definition) is 4. The van der Waals surface area contributed by atoms with Crippen molar-refractivity contribution in [3.05, 3.63) is 42.5 Å². The van der Waals surface area contributed by atoms with E-state index >= 15 is 0 Å². The van der Waals surface area contributed by atoms with Crippen molar-refractivity contribution in [1.82, 2.24) is 0 Å². The molecule has 5 nitrogen and oxygen atoms in total. The quantitative estimate of drug-likeness (QED) is 0.385. The first kappa shape index (κ1) is 17.8. The molecular weight excluding hydrogens is 284 g/mol. The van der Waals surface area contributed by atoms with Crippen molar-refractivity contribution >= 4 is 11.9 Å². The zero-order chi connectivity index (χ0) is 16.2. The van der Waals surface area contributed by atoms with Crippen LogP contribution in [0.3, 0.4) is 0 Å². The Kier molecular flexibility index (Phi) is 8.42. The standard InChI is InChI=1S/C17H22O5/c1-2-16(18)22-13-9-5-3-4-8-12-21-15-11-7-6-10-14(15)17(19)20/h2,6-7,10-11H,1,3-5,8-9,12-13H2,(H,19,20). The molecule has 0 fully saturated rings. The molecule has 0 aliphatic rings. The highest BCUT2D eigenvalue weighted by molar-refractivity contribution is 5.90. The predicted octanol–water partition coefficient (Wildman–Crippen LogP) is 3.44. The number of carboxylic acids is 1. The van der Waals surface area contributed by atoms with Crippen LogP contribution in [0, 0.1) is 0 Å². The summed E-state index contributed by atoms with van der Waals surface area (Å²) < 4.78 is 10.4. The molecular formula is C17H22O5. The van der Waals surface area contributed by atoms with E-state index in [4.69, 9.17) is 14.6 Å². The Morgan fingerprint density at radius 3 is 2.36 bits per heavy atom. The third-order valence-electron chi connectivity index (χ3n) is 3.07. The van der Waals surface area contributed by atoms with Crippen LogP contribution < -0.4 is 4.74 Å². The van der Waals surface area contributed by atoms with Gasteiger partial charge in [0.2, 0.25) is 0 Å². The Bertz CT molecular complexity index is 496. The van der Waals surface area contributed by atoms with Gasteiger partial charge in [0.05, 0.1) is 13.2 Å². The van der Waals surface area contributed by atoms with Crippen LogP contribution >= 0.6 is 0 Å². The summed E-state index contributed by atoms with van der Waals surface area (Å²) in [5.41, 5.74) is 0.187. The fraction of sp³-hybridized carbons (Fsp3) is 0.412. The van der Waals surface area contributed by atoms with Crippen LogP contribution in [0.5, 0.6) is 5.75 Å². The summed E-state index contributed by atoms with van der Waals surface area (Å²) >= 11 is 0. The molecule has 1 aromatic carbocycles. The van der Waals surface area contributed by atoms with Crippen molar-refractivity contribution in [2.24, 2.45) is 0 Å². The van der Waals surface area contributed by atoms with Crippen molar-refractivity contribution in [3.63, 3.8) is 0 Å². The number of aromatic carboxylic acids is 1. The van der Waals surface area contributed by atoms with Gasteiger partial charge in [-0.3, -0.25) is 0 Å². The van der Waals surface area contributed by atoms with Gasteiger partial charge in [-0.1, -0.05) is 38.0 Å². The molecule has 0 aliphatic heterocycles. The highest BCUT2D eigenvalue weighted by Crippen LogP contribution is 2.18. The van der Waals surface area contributed by atoms with E-state index in [2.05, 4.69) is 6.58 Å². The molecule has 1 aromatic rings. The number of esters is 1. The highest BCUT2D eigenvalue weighted by Gasteiger charge is 2.09. The summed E-state index contributed by atoms with van der Waals surface area (Å²) in [5.74, 6) is -0.957. The molecule has 5 heteroatoms. The minimum absolute atomic E-state index is 0.187. The van der Waals surface area contributed by atoms with Crippen molar-refractivity contribution < 1.29 is 24.2 Å². The highest BCUT2D eigenvalue weighted by atomic mass is 16.5. The lowest BCUT2D eigenvalue weighted by Gasteiger charge is -2.08. The van der Waals surface area contributed by atoms with Crippen LogP contribution in [0.15, 0.2) is 36.9 Å². The van der Waals surface area contributed by atoms with Crippen LogP contribution in [0.4, 0.5) is 0 Å². The fourth-order valence-corrected chi connectivity index (χ4v) is 1.92. The number of carbonyl (C=O) groups excluding carboxylic acids is 1. The first-order valence-corrected chi connectivity index (χ1v) is 7.39. The van der Waals surface area contributed by atoms with Crippen LogP contribution in [0.1, 0.15) is 42.5 Å². The summed E-state index contributed by atoms with van der Waals surface area (Å²) in [7, 11) is 0. The number of carbonyl (C=O) groups is 2. The topological polar surface area (TPSA) is 72.8 Å². The maximum Gasteiger partial charge on any atom is 0.339 e. The number of unbranched alkanes of at least 4 members (excludes halogenated alkanes) is 4. The summed E-state index contributed by atoms with van der Waals surface area (Å²) in [6.07, 6.45) is 5.85. The lowest BCUT2D eigenvalue weighted by molar-refractivity contribution is -0.137. The van der Waals surface area contributed by atoms with Gasteiger partial charge in [-0.05, 0) is 25.0 Å². The van der Waals surface area contributed by atoms with E-state index in [-0.39, 0.29) is 11.5 Å². The Morgan fingerprint density at radius 2 is 1.68 bits per heavy atom. The third kappa shape index (κ3) is 6.92. The van der Waals surface area contributed by atoms with Gasteiger partial charge in [-0.2, -0.15) is 0 Å². The molecule has 0 heterocycles. The second kappa shape index (κ2) is 10.4. The molecule has 0 saturated heterocycles. The average molecular weight is 306 g/mol. The maximum absolute atomic E-state index is 11.0. The van der Waals surface area contributed by atoms with Gasteiger partial charge in [0, 0.05) is 6.08 Å². The van der Waals surface area contributed by atoms with Gasteiger partial charge in [-0.25, -0.2) is 9.59 Å². The van der Waals surface area contributed by atoms with Crippen LogP contribution in [-0.4, -0.2) is 30.3 Å². The molecule has 0 spiro atoms. The SMILES string of the molecule is C=CC(=O)OCCCCCCCOc1ccccc1C(=O)O. The van der Waals surface area contributed by atoms with Gasteiger partial charge in [-0.15, -0.1) is 0 Å². The van der Waals surface area contributed by atoms with Gasteiger partial charge in [0.25, 0.3) is 0 Å². The Balaban J connectivity index is 2.08. The van der Waals surface area contributed by atoms with E-state index in [0.717, 1.165) is 38.2 Å². The van der Waals surface area contributed by atoms with Crippen LogP contribution in [-0.2, 0) is 9.53 Å². The van der Waals surface area contributed by atoms with Crippen LogP contribution in [0.2, 0.25) is 0 Å². The Morgan fingerprint density at radius 1 is 1.05 bits per heavy atom. The molecule has 1 N–H and O–H groups in total. The van der Waals surface area contributed by atoms with E-state index in [1.165, 1.54) is 6.07 Å². The summed E-state index contributed by atoms with van der Waals surface area (Å²) in [5, 5.41) is 9.02. The van der Waals surface area contributed by atoms with E-state index in [0.29, 0.717) is 19.0 Å². The largest absolute Gasteiger partial charge is 0.493 e. The number of hydrogen-bond donors (Lipinski definition) is 1. The molecule has 0 radical (unpaired) electrons. The summed E-state index contributed by atoms with van der Waals surface area (Å²) in [6.45, 7) is 4.25. The first-order valence-electron chi connectivity index (χ1n) is 7.39. The Labute approximate surface area is 130 Å². The van der Waals surface area contributed by atoms with Crippen molar-refractivity contribution in [3.8, 4) is 5.75 Å². The van der Waals surface area contributed by atoms with Crippen molar-refractivity contribution in [1.29, 1.82) is 0 Å². The second-order valence-corrected chi connectivity index (χ2v) is 4.79. The third-order valence-corrected chi connectivity index (χ3v) is 3.07. The van der Waals surface area contributed by atoms with Crippen molar-refractivity contribution in [2.75, 3.05) is 13.2 Å². The van der Waals surface area contributed by atoms with E-state index < -0.39 is 5.97 Å². The number of ether oxygens (including phenoxy) is 2. The van der Waals surface area contributed by atoms with Gasteiger partial charge in [0.15, 0.2) is 0 Å². The number of rotatable bonds is 11. The minimum atomic E-state index is -0.982. The lowest BCUT2D eigenvalue weighted by atomic mass is 10.1. The fourth-order valence-electron chi connectivity index (χ4n) is 1.92. The smallest absolute Gasteiger partial charge is 0.339 e. The minimum Gasteiger partial charge on any atom is -0.493 e. The monoisotopic (exact) mass is 306 g/mol. The predicted molar refractivity (Wildman–Crippen MR) is 83.1 cm³/mol. The second-order valence-electron chi connectivity index (χ2n) is 4.79. The van der Waals surface area contributed by atoms with Crippen molar-refractivity contribution in [2.45, 2.75) is 32.1 Å². The molecule has 1 rings (SSSR count). The Hall–Kier alpha value is -2.30. The zero-order valence-electron chi connectivity index (χ0n) is 12.6. The maximum atomic E-state index is 11.0. The average Bonchev–Trinajstić information content (AvgIpc) is 2.53. The molecule has 0 aliphatic carbocycles. The number of benzene rings is 1. The summed E-state index contributed by atoms with van der Waals surface area (Å²) in [6, 6.07) is 6.63. The molecule has 0 aromatic heterocycles. The van der Waals surface area contributed by atoms with Crippen LogP contribution in [0.25, 0.3) is 0 Å². The number of carboxylic acid groups (broad SMARTS) is 1. The lowest BCUT2D eigenvalue weighted by Crippen LogP contribution is -2.04. The molecule has 0 atom stereocenters. The van der Waals surface area contributed by atoms with Gasteiger partial charge in [0.1, 0.15) is 11.3 Å². The zero-order valence-corrected chi connectivity index (χ0v) is 12.6. The molecule has 0 saturated carbocycles. The molecule has 0 bridgehead atoms. The molecule has 0 amide bonds. The van der Waals surface area contributed by atoms with E-state index in [1.54, 1.807) is 18.2 Å². The van der Waals surface area contributed by atoms with E-state index in [1.807, 2.05) is 0 Å². The van der Waals surface area contributed by atoms with Gasteiger partial charge >= 0.3 is 11.9 Å². The first-order chi connectivity index (χ1) is 10.6. The molecule has 120 valence electrons. The number of para-hydroxylation sites is 1. The molecule has 22 heavy (non-hydrogen) atoms. The van der Waals surface area contributed by atoms with Gasteiger partial charge < -0.3 is 14.6 Å². The summed E-state index contributed by atoms with van der Waals surface area (Å²) in [4.78, 5) is 21.8. The van der Waals surface area contributed by atoms with E-state index in [9.17, 15) is 9.59 Å².